The second-order valence-corrected chi connectivity index (χ2v) is 4.97. The normalized spacial score (nSPS) is 10.3. The number of rotatable bonds is 7. The molecule has 2 aromatic rings. The fourth-order valence-corrected chi connectivity index (χ4v) is 2.00. The van der Waals surface area contributed by atoms with Crippen molar-refractivity contribution in [3.63, 3.8) is 0 Å². The Morgan fingerprint density at radius 1 is 1.39 bits per heavy atom. The number of amides is 1. The maximum Gasteiger partial charge on any atom is 0.407 e. The van der Waals surface area contributed by atoms with Crippen LogP contribution < -0.4 is 5.32 Å². The van der Waals surface area contributed by atoms with Crippen molar-refractivity contribution >= 4 is 11.9 Å². The maximum absolute atomic E-state index is 11.5. The number of aryl methyl sites for hydroxylation is 2. The fourth-order valence-electron chi connectivity index (χ4n) is 2.00. The highest BCUT2D eigenvalue weighted by Gasteiger charge is 2.14. The number of alkyl carbamates (subject to hydrolysis) is 1. The predicted molar refractivity (Wildman–Crippen MR) is 82.9 cm³/mol. The van der Waals surface area contributed by atoms with E-state index in [-0.39, 0.29) is 12.4 Å². The maximum atomic E-state index is 11.5. The molecular weight excluding hydrogens is 300 g/mol. The van der Waals surface area contributed by atoms with Crippen LogP contribution in [0.1, 0.15) is 17.7 Å². The van der Waals surface area contributed by atoms with Crippen LogP contribution in [0.5, 0.6) is 0 Å². The number of carbonyl (C=O) groups excluding carboxylic acids is 1. The van der Waals surface area contributed by atoms with Gasteiger partial charge >= 0.3 is 11.9 Å². The molecular formula is C15H18N4O4. The third kappa shape index (κ3) is 5.10. The number of nitrogens with one attached hydrogen (secondary N) is 1. The Bertz CT molecular complexity index is 669. The van der Waals surface area contributed by atoms with Crippen LogP contribution in [-0.2, 0) is 17.9 Å². The quantitative estimate of drug-likeness (QED) is 0.480. The number of hydrogen-bond acceptors (Lipinski definition) is 5. The van der Waals surface area contributed by atoms with Gasteiger partial charge in [0.1, 0.15) is 6.61 Å². The van der Waals surface area contributed by atoms with Crippen molar-refractivity contribution in [1.29, 1.82) is 0 Å². The summed E-state index contributed by atoms with van der Waals surface area (Å²) in [5, 5.41) is 17.1. The van der Waals surface area contributed by atoms with E-state index in [9.17, 15) is 14.9 Å². The lowest BCUT2D eigenvalue weighted by Crippen LogP contribution is -2.26. The Hall–Kier alpha value is -2.90. The number of nitrogens with zero attached hydrogens (tertiary/aromatic N) is 3. The minimum atomic E-state index is -0.525. The van der Waals surface area contributed by atoms with Crippen molar-refractivity contribution in [3.8, 4) is 0 Å². The molecule has 0 unspecified atom stereocenters. The zero-order valence-corrected chi connectivity index (χ0v) is 12.8. The molecule has 8 nitrogen and oxygen atoms in total. The van der Waals surface area contributed by atoms with Gasteiger partial charge in [-0.1, -0.05) is 30.3 Å². The van der Waals surface area contributed by atoms with Gasteiger partial charge in [-0.05, 0) is 23.8 Å². The van der Waals surface area contributed by atoms with Gasteiger partial charge in [0.05, 0.1) is 23.4 Å². The first-order chi connectivity index (χ1) is 11.1. The summed E-state index contributed by atoms with van der Waals surface area (Å²) in [5.74, 6) is -0.169. The number of nitro groups is 1. The minimum absolute atomic E-state index is 0.169. The summed E-state index contributed by atoms with van der Waals surface area (Å²) in [4.78, 5) is 21.6. The third-order valence-corrected chi connectivity index (χ3v) is 3.18. The van der Waals surface area contributed by atoms with Gasteiger partial charge < -0.3 is 20.2 Å². The van der Waals surface area contributed by atoms with Crippen LogP contribution in [0.15, 0.2) is 36.4 Å². The third-order valence-electron chi connectivity index (χ3n) is 3.18. The standard InChI is InChI=1S/C15H18N4O4/c1-12-10-14(19(21)22)17-18(12)9-5-8-16-15(20)23-11-13-6-3-2-4-7-13/h2-4,6-7,10H,5,8-9,11H2,1H3,(H,16,20). The van der Waals surface area contributed by atoms with E-state index in [4.69, 9.17) is 4.74 Å². The summed E-state index contributed by atoms with van der Waals surface area (Å²) in [6.45, 7) is 2.86. The molecule has 1 N–H and O–H groups in total. The topological polar surface area (TPSA) is 99.3 Å². The first kappa shape index (κ1) is 16.5. The van der Waals surface area contributed by atoms with E-state index in [2.05, 4.69) is 10.4 Å². The molecule has 1 aromatic heterocycles. The summed E-state index contributed by atoms with van der Waals surface area (Å²) < 4.78 is 6.63. The molecule has 1 heterocycles. The van der Waals surface area contributed by atoms with Crippen LogP contribution in [0.25, 0.3) is 0 Å². The SMILES string of the molecule is Cc1cc([N+](=O)[O-])nn1CCCNC(=O)OCc1ccccc1. The average molecular weight is 318 g/mol. The molecule has 0 atom stereocenters. The molecule has 23 heavy (non-hydrogen) atoms. The lowest BCUT2D eigenvalue weighted by atomic mass is 10.2. The van der Waals surface area contributed by atoms with Crippen molar-refractivity contribution in [2.45, 2.75) is 26.5 Å². The molecule has 0 saturated heterocycles. The molecule has 1 amide bonds. The Kier molecular flexibility index (Phi) is 5.67. The molecule has 0 radical (unpaired) electrons. The predicted octanol–water partition coefficient (Wildman–Crippen LogP) is 2.42. The van der Waals surface area contributed by atoms with Crippen LogP contribution >= 0.6 is 0 Å². The monoisotopic (exact) mass is 318 g/mol. The molecule has 1 aromatic carbocycles. The van der Waals surface area contributed by atoms with Crippen molar-refractivity contribution < 1.29 is 14.5 Å². The number of aromatic nitrogens is 2. The molecule has 122 valence electrons. The molecule has 2 rings (SSSR count). The lowest BCUT2D eigenvalue weighted by Gasteiger charge is -2.06. The van der Waals surface area contributed by atoms with Gasteiger partial charge in [-0.2, -0.15) is 4.68 Å². The Labute approximate surface area is 133 Å². The van der Waals surface area contributed by atoms with E-state index in [0.29, 0.717) is 25.2 Å². The van der Waals surface area contributed by atoms with E-state index in [0.717, 1.165) is 5.56 Å². The Balaban J connectivity index is 1.67. The number of carbonyl (C=O) groups is 1. The zero-order chi connectivity index (χ0) is 16.7. The van der Waals surface area contributed by atoms with Gasteiger partial charge in [0.2, 0.25) is 0 Å². The summed E-state index contributed by atoms with van der Waals surface area (Å²) in [6.07, 6.45) is 0.108. The number of ether oxygens (including phenoxy) is 1. The minimum Gasteiger partial charge on any atom is -0.445 e. The van der Waals surface area contributed by atoms with Crippen LogP contribution in [-0.4, -0.2) is 27.3 Å². The van der Waals surface area contributed by atoms with Gasteiger partial charge in [0.15, 0.2) is 0 Å². The highest BCUT2D eigenvalue weighted by molar-refractivity contribution is 5.67. The molecule has 0 aliphatic rings. The summed E-state index contributed by atoms with van der Waals surface area (Å²) in [5.41, 5.74) is 1.63. The van der Waals surface area contributed by atoms with E-state index >= 15 is 0 Å². The van der Waals surface area contributed by atoms with Gasteiger partial charge in [-0.25, -0.2) is 4.79 Å². The molecule has 0 saturated carbocycles. The molecule has 0 fully saturated rings. The second kappa shape index (κ2) is 7.92. The fraction of sp³-hybridized carbons (Fsp3) is 0.333. The number of hydrogen-bond donors (Lipinski definition) is 1. The lowest BCUT2D eigenvalue weighted by molar-refractivity contribution is -0.389. The summed E-state index contributed by atoms with van der Waals surface area (Å²) in [6, 6.07) is 10.8. The number of benzene rings is 1. The van der Waals surface area contributed by atoms with Crippen LogP contribution in [0, 0.1) is 17.0 Å². The largest absolute Gasteiger partial charge is 0.445 e. The molecule has 0 spiro atoms. The molecule has 8 heteroatoms. The van der Waals surface area contributed by atoms with Crippen molar-refractivity contribution in [2.75, 3.05) is 6.54 Å². The first-order valence-electron chi connectivity index (χ1n) is 7.19. The first-order valence-corrected chi connectivity index (χ1v) is 7.19. The van der Waals surface area contributed by atoms with Gasteiger partial charge in [-0.15, -0.1) is 0 Å². The average Bonchev–Trinajstić information content (AvgIpc) is 2.92. The van der Waals surface area contributed by atoms with Crippen LogP contribution in [0.3, 0.4) is 0 Å². The van der Waals surface area contributed by atoms with Gasteiger partial charge in [0.25, 0.3) is 0 Å². The molecule has 0 bridgehead atoms. The molecule has 0 aliphatic heterocycles. The summed E-state index contributed by atoms with van der Waals surface area (Å²) in [7, 11) is 0. The van der Waals surface area contributed by atoms with Gasteiger partial charge in [-0.3, -0.25) is 0 Å². The smallest absolute Gasteiger partial charge is 0.407 e. The second-order valence-electron chi connectivity index (χ2n) is 4.97. The zero-order valence-electron chi connectivity index (χ0n) is 12.8. The van der Waals surface area contributed by atoms with Crippen molar-refractivity contribution in [2.24, 2.45) is 0 Å². The van der Waals surface area contributed by atoms with E-state index < -0.39 is 11.0 Å². The highest BCUT2D eigenvalue weighted by Crippen LogP contribution is 2.11. The van der Waals surface area contributed by atoms with E-state index in [1.165, 1.54) is 6.07 Å². The van der Waals surface area contributed by atoms with Crippen molar-refractivity contribution in [1.82, 2.24) is 15.1 Å². The van der Waals surface area contributed by atoms with Gasteiger partial charge in [0, 0.05) is 6.54 Å². The highest BCUT2D eigenvalue weighted by atomic mass is 16.6. The summed E-state index contributed by atoms with van der Waals surface area (Å²) >= 11 is 0. The Morgan fingerprint density at radius 2 is 2.13 bits per heavy atom. The van der Waals surface area contributed by atoms with Crippen molar-refractivity contribution in [3.05, 3.63) is 57.8 Å². The van der Waals surface area contributed by atoms with Crippen LogP contribution in [0.4, 0.5) is 10.6 Å². The van der Waals surface area contributed by atoms with E-state index in [1.807, 2.05) is 30.3 Å². The Morgan fingerprint density at radius 3 is 2.78 bits per heavy atom. The van der Waals surface area contributed by atoms with Crippen LogP contribution in [0.2, 0.25) is 0 Å². The van der Waals surface area contributed by atoms with E-state index in [1.54, 1.807) is 11.6 Å². The molecule has 0 aliphatic carbocycles.